The Labute approximate surface area is 113 Å². The van der Waals surface area contributed by atoms with E-state index in [0.29, 0.717) is 11.3 Å². The molecule has 1 amide bonds. The number of carbonyl (C=O) groups is 1. The van der Waals surface area contributed by atoms with Gasteiger partial charge in [-0.2, -0.15) is 0 Å². The largest absolute Gasteiger partial charge is 0.456 e. The summed E-state index contributed by atoms with van der Waals surface area (Å²) >= 11 is 0. The standard InChI is InChI=1S/C13H11FN4O2/c14-11-4-2-1-3-9(11)7-16-13(19)12-6-5-10(20-12)8-17-18-15/h1-6H,7-8H2,(H,16,19). The number of amides is 1. The lowest BCUT2D eigenvalue weighted by atomic mass is 10.2. The number of benzene rings is 1. The van der Waals surface area contributed by atoms with E-state index in [-0.39, 0.29) is 24.7 Å². The number of carbonyl (C=O) groups excluding carboxylic acids is 1. The maximum absolute atomic E-state index is 13.4. The maximum atomic E-state index is 13.4. The van der Waals surface area contributed by atoms with Crippen molar-refractivity contribution < 1.29 is 13.6 Å². The van der Waals surface area contributed by atoms with Gasteiger partial charge < -0.3 is 9.73 Å². The first-order chi connectivity index (χ1) is 9.70. The van der Waals surface area contributed by atoms with Gasteiger partial charge >= 0.3 is 0 Å². The van der Waals surface area contributed by atoms with Crippen LogP contribution in [0.25, 0.3) is 10.4 Å². The number of nitrogens with zero attached hydrogens (tertiary/aromatic N) is 3. The summed E-state index contributed by atoms with van der Waals surface area (Å²) in [6, 6.07) is 9.20. The minimum atomic E-state index is -0.458. The fourth-order valence-electron chi connectivity index (χ4n) is 1.59. The van der Waals surface area contributed by atoms with Crippen LogP contribution in [0.4, 0.5) is 4.39 Å². The summed E-state index contributed by atoms with van der Waals surface area (Å²) in [5, 5.41) is 5.87. The van der Waals surface area contributed by atoms with E-state index < -0.39 is 5.91 Å². The summed E-state index contributed by atoms with van der Waals surface area (Å²) in [7, 11) is 0. The second-order valence-electron chi connectivity index (χ2n) is 3.93. The van der Waals surface area contributed by atoms with Crippen LogP contribution in [0, 0.1) is 5.82 Å². The predicted octanol–water partition coefficient (Wildman–Crippen LogP) is 3.16. The summed E-state index contributed by atoms with van der Waals surface area (Å²) in [5.41, 5.74) is 8.57. The monoisotopic (exact) mass is 274 g/mol. The van der Waals surface area contributed by atoms with E-state index in [4.69, 9.17) is 9.95 Å². The Morgan fingerprint density at radius 3 is 2.90 bits per heavy atom. The molecule has 2 rings (SSSR count). The smallest absolute Gasteiger partial charge is 0.287 e. The van der Waals surface area contributed by atoms with Gasteiger partial charge in [0, 0.05) is 17.0 Å². The van der Waals surface area contributed by atoms with Crippen molar-refractivity contribution in [2.75, 3.05) is 0 Å². The van der Waals surface area contributed by atoms with Crippen LogP contribution in [-0.2, 0) is 13.1 Å². The molecule has 0 saturated heterocycles. The average Bonchev–Trinajstić information content (AvgIpc) is 2.93. The third-order valence-corrected chi connectivity index (χ3v) is 2.57. The normalized spacial score (nSPS) is 9.85. The number of nitrogens with one attached hydrogen (secondary N) is 1. The molecule has 1 heterocycles. The highest BCUT2D eigenvalue weighted by atomic mass is 19.1. The van der Waals surface area contributed by atoms with Crippen molar-refractivity contribution in [3.8, 4) is 0 Å². The average molecular weight is 274 g/mol. The van der Waals surface area contributed by atoms with Gasteiger partial charge in [-0.15, -0.1) is 0 Å². The zero-order chi connectivity index (χ0) is 14.4. The van der Waals surface area contributed by atoms with E-state index >= 15 is 0 Å². The number of hydrogen-bond acceptors (Lipinski definition) is 3. The molecular weight excluding hydrogens is 263 g/mol. The van der Waals surface area contributed by atoms with Gasteiger partial charge in [0.05, 0.1) is 6.54 Å². The van der Waals surface area contributed by atoms with E-state index in [0.717, 1.165) is 0 Å². The second-order valence-corrected chi connectivity index (χ2v) is 3.93. The van der Waals surface area contributed by atoms with Crippen LogP contribution in [0.1, 0.15) is 21.9 Å². The Bertz CT molecular complexity index is 662. The number of hydrogen-bond donors (Lipinski definition) is 1. The summed E-state index contributed by atoms with van der Waals surface area (Å²) in [6.45, 7) is 0.106. The zero-order valence-electron chi connectivity index (χ0n) is 10.4. The van der Waals surface area contributed by atoms with Crippen LogP contribution in [-0.4, -0.2) is 5.91 Å². The summed E-state index contributed by atoms with van der Waals surface area (Å²) in [4.78, 5) is 14.4. The molecule has 0 aliphatic carbocycles. The molecule has 0 bridgehead atoms. The van der Waals surface area contributed by atoms with Crippen molar-refractivity contribution in [2.45, 2.75) is 13.1 Å². The van der Waals surface area contributed by atoms with Crippen LogP contribution < -0.4 is 5.32 Å². The van der Waals surface area contributed by atoms with E-state index in [2.05, 4.69) is 15.3 Å². The molecule has 0 saturated carbocycles. The lowest BCUT2D eigenvalue weighted by molar-refractivity contribution is 0.0921. The Kier molecular flexibility index (Phi) is 4.36. The van der Waals surface area contributed by atoms with Gasteiger partial charge in [0.2, 0.25) is 0 Å². The van der Waals surface area contributed by atoms with Crippen molar-refractivity contribution in [2.24, 2.45) is 5.11 Å². The molecule has 102 valence electrons. The lowest BCUT2D eigenvalue weighted by Gasteiger charge is -2.04. The van der Waals surface area contributed by atoms with Gasteiger partial charge in [-0.3, -0.25) is 4.79 Å². The molecule has 0 aliphatic rings. The summed E-state index contributed by atoms with van der Waals surface area (Å²) in [6.07, 6.45) is 0. The fourth-order valence-corrected chi connectivity index (χ4v) is 1.59. The van der Waals surface area contributed by atoms with Gasteiger partial charge in [0.15, 0.2) is 5.76 Å². The first-order valence-electron chi connectivity index (χ1n) is 5.82. The maximum Gasteiger partial charge on any atom is 0.287 e. The van der Waals surface area contributed by atoms with Gasteiger partial charge in [-0.1, -0.05) is 23.3 Å². The van der Waals surface area contributed by atoms with Crippen LogP contribution >= 0.6 is 0 Å². The number of furan rings is 1. The van der Waals surface area contributed by atoms with Crippen LogP contribution in [0.2, 0.25) is 0 Å². The molecule has 2 aromatic rings. The van der Waals surface area contributed by atoms with Gasteiger partial charge in [-0.25, -0.2) is 4.39 Å². The first-order valence-corrected chi connectivity index (χ1v) is 5.82. The molecule has 0 aliphatic heterocycles. The minimum absolute atomic E-state index is 0.0388. The SMILES string of the molecule is [N-]=[N+]=NCc1ccc(C(=O)NCc2ccccc2F)o1. The van der Waals surface area contributed by atoms with Crippen molar-refractivity contribution in [1.29, 1.82) is 0 Å². The van der Waals surface area contributed by atoms with Gasteiger partial charge in [0.25, 0.3) is 5.91 Å². The van der Waals surface area contributed by atoms with Crippen LogP contribution in [0.3, 0.4) is 0 Å². The Morgan fingerprint density at radius 2 is 2.15 bits per heavy atom. The van der Waals surface area contributed by atoms with Gasteiger partial charge in [0.1, 0.15) is 11.6 Å². The molecule has 1 aromatic carbocycles. The first kappa shape index (κ1) is 13.6. The van der Waals surface area contributed by atoms with Crippen molar-refractivity contribution in [3.05, 3.63) is 69.7 Å². The van der Waals surface area contributed by atoms with Crippen molar-refractivity contribution in [1.82, 2.24) is 5.32 Å². The quantitative estimate of drug-likeness (QED) is 0.515. The Balaban J connectivity index is 1.96. The van der Waals surface area contributed by atoms with E-state index in [1.54, 1.807) is 24.3 Å². The van der Waals surface area contributed by atoms with Gasteiger partial charge in [-0.05, 0) is 23.7 Å². The number of rotatable bonds is 5. The summed E-state index contributed by atoms with van der Waals surface area (Å²) in [5.74, 6) is -0.361. The Morgan fingerprint density at radius 1 is 1.35 bits per heavy atom. The minimum Gasteiger partial charge on any atom is -0.456 e. The van der Waals surface area contributed by atoms with Crippen molar-refractivity contribution in [3.63, 3.8) is 0 Å². The van der Waals surface area contributed by atoms with Crippen molar-refractivity contribution >= 4 is 5.91 Å². The molecule has 6 nitrogen and oxygen atoms in total. The highest BCUT2D eigenvalue weighted by Gasteiger charge is 2.11. The highest BCUT2D eigenvalue weighted by Crippen LogP contribution is 2.10. The number of azide groups is 1. The zero-order valence-corrected chi connectivity index (χ0v) is 10.4. The molecule has 0 radical (unpaired) electrons. The predicted molar refractivity (Wildman–Crippen MR) is 69.1 cm³/mol. The highest BCUT2D eigenvalue weighted by molar-refractivity contribution is 5.91. The molecule has 0 fully saturated rings. The van der Waals surface area contributed by atoms with Crippen LogP contribution in [0.5, 0.6) is 0 Å². The molecule has 0 spiro atoms. The number of halogens is 1. The second kappa shape index (κ2) is 6.40. The van der Waals surface area contributed by atoms with Crippen LogP contribution in [0.15, 0.2) is 45.9 Å². The molecule has 0 unspecified atom stereocenters. The molecule has 1 aromatic heterocycles. The lowest BCUT2D eigenvalue weighted by Crippen LogP contribution is -2.22. The summed E-state index contributed by atoms with van der Waals surface area (Å²) < 4.78 is 18.6. The van der Waals surface area contributed by atoms with E-state index in [9.17, 15) is 9.18 Å². The Hall–Kier alpha value is -2.79. The molecule has 0 atom stereocenters. The van der Waals surface area contributed by atoms with E-state index in [1.165, 1.54) is 12.1 Å². The van der Waals surface area contributed by atoms with E-state index in [1.807, 2.05) is 0 Å². The molecule has 1 N–H and O–H groups in total. The third-order valence-electron chi connectivity index (χ3n) is 2.57. The topological polar surface area (TPSA) is 91.0 Å². The molecule has 20 heavy (non-hydrogen) atoms. The third kappa shape index (κ3) is 3.37. The fraction of sp³-hybridized carbons (Fsp3) is 0.154. The molecule has 7 heteroatoms. The molecular formula is C13H11FN4O2.